The number of carbonyl (C=O) groups excluding carboxylic acids is 1. The number of benzene rings is 2. The molecule has 5 rings (SSSR count). The van der Waals surface area contributed by atoms with Crippen LogP contribution in [-0.2, 0) is 23.2 Å². The normalized spacial score (nSPS) is 17.2. The summed E-state index contributed by atoms with van der Waals surface area (Å²) in [6.07, 6.45) is 5.14. The maximum absolute atomic E-state index is 16.0. The molecule has 3 aromatic rings. The van der Waals surface area contributed by atoms with E-state index in [1.807, 2.05) is 6.07 Å². The zero-order chi connectivity index (χ0) is 26.7. The van der Waals surface area contributed by atoms with Crippen LogP contribution in [0, 0.1) is 11.3 Å². The van der Waals surface area contributed by atoms with E-state index in [0.717, 1.165) is 36.2 Å². The van der Waals surface area contributed by atoms with Gasteiger partial charge in [-0.05, 0) is 48.4 Å². The zero-order valence-electron chi connectivity index (χ0n) is 22.1. The standard InChI is InChI=1S/C30H34FN5O2/c1-3-20-17-23(21-8-6-9-21)25(28-33-27(34-35-28)11-16-38-2)18-24(20)29(37)36-14-12-30(31,13-15-36)26-10-5-4-7-22(26)19-32/h4-5,7,10,17-18,21H,3,6,8-9,11-16H2,1-2H3,(H,33,34,35). The van der Waals surface area contributed by atoms with Crippen LogP contribution in [-0.4, -0.2) is 52.8 Å². The van der Waals surface area contributed by atoms with Gasteiger partial charge in [0.1, 0.15) is 11.5 Å². The molecule has 38 heavy (non-hydrogen) atoms. The molecular formula is C30H34FN5O2. The van der Waals surface area contributed by atoms with Gasteiger partial charge in [0.15, 0.2) is 5.82 Å². The third-order valence-corrected chi connectivity index (χ3v) is 8.12. The number of aromatic nitrogens is 3. The Balaban J connectivity index is 1.43. The first-order valence-corrected chi connectivity index (χ1v) is 13.5. The summed E-state index contributed by atoms with van der Waals surface area (Å²) in [6.45, 7) is 3.19. The van der Waals surface area contributed by atoms with Gasteiger partial charge in [-0.1, -0.05) is 37.6 Å². The number of halogens is 1. The molecule has 0 unspecified atom stereocenters. The Hall–Kier alpha value is -3.57. The fraction of sp³-hybridized carbons (Fsp3) is 0.467. The molecule has 0 spiro atoms. The second-order valence-corrected chi connectivity index (χ2v) is 10.3. The van der Waals surface area contributed by atoms with Gasteiger partial charge in [0, 0.05) is 56.2 Å². The average molecular weight is 516 g/mol. The van der Waals surface area contributed by atoms with Crippen LogP contribution < -0.4 is 0 Å². The van der Waals surface area contributed by atoms with Crippen LogP contribution in [0.15, 0.2) is 36.4 Å². The molecule has 1 saturated carbocycles. The largest absolute Gasteiger partial charge is 0.384 e. The Morgan fingerprint density at radius 1 is 1.26 bits per heavy atom. The van der Waals surface area contributed by atoms with Crippen molar-refractivity contribution in [3.05, 3.63) is 70.0 Å². The lowest BCUT2D eigenvalue weighted by Gasteiger charge is -2.37. The van der Waals surface area contributed by atoms with Crippen LogP contribution in [0.2, 0.25) is 0 Å². The minimum absolute atomic E-state index is 0.0889. The van der Waals surface area contributed by atoms with Crippen LogP contribution in [0.3, 0.4) is 0 Å². The van der Waals surface area contributed by atoms with E-state index in [1.165, 1.54) is 12.0 Å². The third kappa shape index (κ3) is 4.95. The lowest BCUT2D eigenvalue weighted by Crippen LogP contribution is -2.43. The summed E-state index contributed by atoms with van der Waals surface area (Å²) in [5.41, 5.74) is 2.90. The zero-order valence-corrected chi connectivity index (χ0v) is 22.1. The fourth-order valence-corrected chi connectivity index (χ4v) is 5.61. The molecule has 2 heterocycles. The number of methoxy groups -OCH3 is 1. The number of ether oxygens (including phenoxy) is 1. The maximum Gasteiger partial charge on any atom is 0.254 e. The molecule has 0 bridgehead atoms. The molecule has 7 nitrogen and oxygen atoms in total. The topological polar surface area (TPSA) is 94.9 Å². The van der Waals surface area contributed by atoms with Crippen LogP contribution in [0.4, 0.5) is 4.39 Å². The number of piperidine rings is 1. The number of nitriles is 1. The number of hydrogen-bond donors (Lipinski definition) is 1. The van der Waals surface area contributed by atoms with Crippen molar-refractivity contribution >= 4 is 5.91 Å². The van der Waals surface area contributed by atoms with Gasteiger partial charge in [-0.25, -0.2) is 9.37 Å². The maximum atomic E-state index is 16.0. The number of aryl methyl sites for hydroxylation is 1. The van der Waals surface area contributed by atoms with Crippen molar-refractivity contribution in [3.63, 3.8) is 0 Å². The highest BCUT2D eigenvalue weighted by Crippen LogP contribution is 2.43. The highest BCUT2D eigenvalue weighted by molar-refractivity contribution is 5.97. The molecule has 0 radical (unpaired) electrons. The highest BCUT2D eigenvalue weighted by atomic mass is 19.1. The first kappa shape index (κ1) is 26.1. The van der Waals surface area contributed by atoms with Gasteiger partial charge in [0.05, 0.1) is 18.2 Å². The van der Waals surface area contributed by atoms with E-state index in [0.29, 0.717) is 54.5 Å². The van der Waals surface area contributed by atoms with E-state index < -0.39 is 5.67 Å². The number of hydrogen-bond acceptors (Lipinski definition) is 5. The lowest BCUT2D eigenvalue weighted by molar-refractivity contribution is 0.0419. The molecule has 1 amide bonds. The quantitative estimate of drug-likeness (QED) is 0.430. The Morgan fingerprint density at radius 3 is 2.68 bits per heavy atom. The van der Waals surface area contributed by atoms with Gasteiger partial charge in [-0.15, -0.1) is 0 Å². The fourth-order valence-electron chi connectivity index (χ4n) is 5.61. The minimum Gasteiger partial charge on any atom is -0.384 e. The van der Waals surface area contributed by atoms with Gasteiger partial charge in [-0.3, -0.25) is 9.89 Å². The second-order valence-electron chi connectivity index (χ2n) is 10.3. The first-order chi connectivity index (χ1) is 18.5. The van der Waals surface area contributed by atoms with Crippen molar-refractivity contribution in [1.82, 2.24) is 20.1 Å². The van der Waals surface area contributed by atoms with E-state index >= 15 is 4.39 Å². The number of aromatic amines is 1. The summed E-state index contributed by atoms with van der Waals surface area (Å²) >= 11 is 0. The van der Waals surface area contributed by atoms with E-state index in [9.17, 15) is 10.1 Å². The van der Waals surface area contributed by atoms with Crippen LogP contribution in [0.5, 0.6) is 0 Å². The first-order valence-electron chi connectivity index (χ1n) is 13.5. The lowest BCUT2D eigenvalue weighted by atomic mass is 9.76. The Labute approximate surface area is 223 Å². The summed E-state index contributed by atoms with van der Waals surface area (Å²) in [5, 5.41) is 17.0. The summed E-state index contributed by atoms with van der Waals surface area (Å²) in [6, 6.07) is 13.1. The Kier molecular flexibility index (Phi) is 7.57. The van der Waals surface area contributed by atoms with Crippen LogP contribution >= 0.6 is 0 Å². The number of nitrogens with zero attached hydrogens (tertiary/aromatic N) is 4. The smallest absolute Gasteiger partial charge is 0.254 e. The van der Waals surface area contributed by atoms with Crippen molar-refractivity contribution in [3.8, 4) is 17.5 Å². The molecule has 8 heteroatoms. The molecule has 1 aromatic heterocycles. The second kappa shape index (κ2) is 11.0. The SMILES string of the molecule is CCc1cc(C2CCC2)c(-c2n[nH]c(CCOC)n2)cc1C(=O)N1CCC(F)(c2ccccc2C#N)CC1. The molecule has 2 aliphatic rings. The van der Waals surface area contributed by atoms with E-state index in [1.54, 1.807) is 36.3 Å². The van der Waals surface area contributed by atoms with Crippen molar-refractivity contribution in [2.24, 2.45) is 0 Å². The van der Waals surface area contributed by atoms with Gasteiger partial charge in [0.2, 0.25) is 0 Å². The third-order valence-electron chi connectivity index (χ3n) is 8.12. The Morgan fingerprint density at radius 2 is 2.03 bits per heavy atom. The number of carbonyl (C=O) groups is 1. The van der Waals surface area contributed by atoms with E-state index in [-0.39, 0.29) is 18.7 Å². The van der Waals surface area contributed by atoms with Crippen molar-refractivity contribution < 1.29 is 13.9 Å². The predicted octanol–water partition coefficient (Wildman–Crippen LogP) is 5.46. The van der Waals surface area contributed by atoms with Crippen LogP contribution in [0.25, 0.3) is 11.4 Å². The molecule has 1 aliphatic carbocycles. The number of rotatable bonds is 8. The Bertz CT molecular complexity index is 1350. The number of amides is 1. The summed E-state index contributed by atoms with van der Waals surface area (Å²) < 4.78 is 21.2. The number of alkyl halides is 1. The molecule has 0 atom stereocenters. The molecule has 1 aliphatic heterocycles. The van der Waals surface area contributed by atoms with E-state index in [4.69, 9.17) is 9.72 Å². The molecule has 1 N–H and O–H groups in total. The van der Waals surface area contributed by atoms with Gasteiger partial charge in [0.25, 0.3) is 5.91 Å². The highest BCUT2D eigenvalue weighted by Gasteiger charge is 2.39. The minimum atomic E-state index is -1.62. The number of likely N-dealkylation sites (tertiary alicyclic amines) is 1. The molecule has 1 saturated heterocycles. The number of nitrogens with one attached hydrogen (secondary N) is 1. The molecule has 2 fully saturated rings. The monoisotopic (exact) mass is 515 g/mol. The van der Waals surface area contributed by atoms with Crippen molar-refractivity contribution in [1.29, 1.82) is 5.26 Å². The average Bonchev–Trinajstić information content (AvgIpc) is 3.39. The van der Waals surface area contributed by atoms with Crippen LogP contribution in [0.1, 0.15) is 83.4 Å². The predicted molar refractivity (Wildman–Crippen MR) is 142 cm³/mol. The molecule has 198 valence electrons. The van der Waals surface area contributed by atoms with Crippen molar-refractivity contribution in [2.45, 2.75) is 63.5 Å². The van der Waals surface area contributed by atoms with Gasteiger partial charge < -0.3 is 9.64 Å². The molecular weight excluding hydrogens is 481 g/mol. The van der Waals surface area contributed by atoms with E-state index in [2.05, 4.69) is 29.3 Å². The van der Waals surface area contributed by atoms with Gasteiger partial charge in [-0.2, -0.15) is 10.4 Å². The summed E-state index contributed by atoms with van der Waals surface area (Å²) in [7, 11) is 1.66. The molecule has 2 aromatic carbocycles. The number of H-pyrrole nitrogens is 1. The summed E-state index contributed by atoms with van der Waals surface area (Å²) in [4.78, 5) is 20.3. The van der Waals surface area contributed by atoms with Crippen molar-refractivity contribution in [2.75, 3.05) is 26.8 Å². The summed E-state index contributed by atoms with van der Waals surface area (Å²) in [5.74, 6) is 1.71. The van der Waals surface area contributed by atoms with Gasteiger partial charge >= 0.3 is 0 Å².